The smallest absolute Gasteiger partial charge is 0.194 e. The van der Waals surface area contributed by atoms with E-state index in [1.54, 1.807) is 6.07 Å². The predicted octanol–water partition coefficient (Wildman–Crippen LogP) is 2.57. The lowest BCUT2D eigenvalue weighted by molar-refractivity contribution is 0.371. The van der Waals surface area contributed by atoms with Crippen molar-refractivity contribution in [1.82, 2.24) is 20.1 Å². The number of anilines is 1. The quantitative estimate of drug-likeness (QED) is 0.599. The van der Waals surface area contributed by atoms with E-state index in [4.69, 9.17) is 4.99 Å². The molecule has 7 heteroatoms. The standard InChI is InChI=1S/C22H31FN6/c1-4-24-22(26-16-18-8-9-20(23)19(15-18)17-27(2)3)29-13-11-28(12-14-29)21-7-5-6-10-25-21/h5-10,15H,4,11-14,16-17H2,1-3H3,(H,24,26). The maximum atomic E-state index is 14.0. The lowest BCUT2D eigenvalue weighted by Gasteiger charge is -2.37. The molecule has 1 aliphatic rings. The molecule has 1 saturated heterocycles. The van der Waals surface area contributed by atoms with Crippen LogP contribution < -0.4 is 10.2 Å². The second-order valence-electron chi connectivity index (χ2n) is 7.50. The van der Waals surface area contributed by atoms with Crippen LogP contribution in [-0.4, -0.2) is 67.6 Å². The third-order valence-corrected chi connectivity index (χ3v) is 4.90. The molecule has 1 aromatic carbocycles. The van der Waals surface area contributed by atoms with E-state index in [0.29, 0.717) is 18.7 Å². The van der Waals surface area contributed by atoms with Gasteiger partial charge in [0, 0.05) is 51.0 Å². The van der Waals surface area contributed by atoms with Gasteiger partial charge in [0.2, 0.25) is 0 Å². The van der Waals surface area contributed by atoms with E-state index in [1.165, 1.54) is 0 Å². The highest BCUT2D eigenvalue weighted by atomic mass is 19.1. The molecule has 1 aliphatic heterocycles. The highest BCUT2D eigenvalue weighted by Gasteiger charge is 2.20. The summed E-state index contributed by atoms with van der Waals surface area (Å²) in [6.07, 6.45) is 1.83. The van der Waals surface area contributed by atoms with Crippen molar-refractivity contribution in [2.75, 3.05) is 51.7 Å². The number of aromatic nitrogens is 1. The number of guanidine groups is 1. The Morgan fingerprint density at radius 1 is 1.17 bits per heavy atom. The fraction of sp³-hybridized carbons (Fsp3) is 0.455. The largest absolute Gasteiger partial charge is 0.357 e. The van der Waals surface area contributed by atoms with E-state index in [2.05, 4.69) is 33.1 Å². The topological polar surface area (TPSA) is 47.0 Å². The normalized spacial score (nSPS) is 15.1. The van der Waals surface area contributed by atoms with E-state index >= 15 is 0 Å². The summed E-state index contributed by atoms with van der Waals surface area (Å²) in [6, 6.07) is 11.3. The van der Waals surface area contributed by atoms with E-state index in [1.807, 2.05) is 49.5 Å². The Morgan fingerprint density at radius 2 is 1.97 bits per heavy atom. The first kappa shape index (κ1) is 21.0. The second kappa shape index (κ2) is 10.2. The fourth-order valence-corrected chi connectivity index (χ4v) is 3.47. The number of pyridine rings is 1. The molecule has 0 bridgehead atoms. The van der Waals surface area contributed by atoms with Gasteiger partial charge in [0.1, 0.15) is 11.6 Å². The summed E-state index contributed by atoms with van der Waals surface area (Å²) in [5.74, 6) is 1.77. The number of rotatable bonds is 6. The van der Waals surface area contributed by atoms with Crippen LogP contribution in [0.15, 0.2) is 47.6 Å². The summed E-state index contributed by atoms with van der Waals surface area (Å²) in [5.41, 5.74) is 1.72. The van der Waals surface area contributed by atoms with E-state index in [-0.39, 0.29) is 5.82 Å². The molecule has 0 aliphatic carbocycles. The van der Waals surface area contributed by atoms with Crippen LogP contribution in [0.5, 0.6) is 0 Å². The van der Waals surface area contributed by atoms with Crippen LogP contribution >= 0.6 is 0 Å². The van der Waals surface area contributed by atoms with Gasteiger partial charge < -0.3 is 20.0 Å². The number of aliphatic imine (C=N–C) groups is 1. The number of hydrogen-bond donors (Lipinski definition) is 1. The van der Waals surface area contributed by atoms with Crippen LogP contribution in [-0.2, 0) is 13.1 Å². The minimum Gasteiger partial charge on any atom is -0.357 e. The zero-order valence-electron chi connectivity index (χ0n) is 17.6. The van der Waals surface area contributed by atoms with Gasteiger partial charge in [-0.1, -0.05) is 12.1 Å². The van der Waals surface area contributed by atoms with Crippen molar-refractivity contribution in [2.45, 2.75) is 20.0 Å². The monoisotopic (exact) mass is 398 g/mol. The number of piperazine rings is 1. The zero-order chi connectivity index (χ0) is 20.6. The number of halogens is 1. The highest BCUT2D eigenvalue weighted by Crippen LogP contribution is 2.15. The Bertz CT molecular complexity index is 800. The van der Waals surface area contributed by atoms with Crippen LogP contribution in [0.3, 0.4) is 0 Å². The number of nitrogens with zero attached hydrogens (tertiary/aromatic N) is 5. The van der Waals surface area contributed by atoms with Crippen LogP contribution in [0, 0.1) is 5.82 Å². The third kappa shape index (κ3) is 5.90. The van der Waals surface area contributed by atoms with Crippen LogP contribution in [0.4, 0.5) is 10.2 Å². The summed E-state index contributed by atoms with van der Waals surface area (Å²) in [7, 11) is 3.89. The predicted molar refractivity (Wildman–Crippen MR) is 117 cm³/mol. The highest BCUT2D eigenvalue weighted by molar-refractivity contribution is 5.80. The van der Waals surface area contributed by atoms with E-state index in [0.717, 1.165) is 50.1 Å². The van der Waals surface area contributed by atoms with Crippen molar-refractivity contribution in [1.29, 1.82) is 0 Å². The lowest BCUT2D eigenvalue weighted by Crippen LogP contribution is -2.52. The zero-order valence-corrected chi connectivity index (χ0v) is 17.6. The third-order valence-electron chi connectivity index (χ3n) is 4.90. The van der Waals surface area contributed by atoms with Crippen molar-refractivity contribution in [3.8, 4) is 0 Å². The molecule has 0 atom stereocenters. The minimum atomic E-state index is -0.163. The van der Waals surface area contributed by atoms with Gasteiger partial charge >= 0.3 is 0 Å². The average Bonchev–Trinajstić information content (AvgIpc) is 2.74. The average molecular weight is 399 g/mol. The molecule has 1 fully saturated rings. The Kier molecular flexibility index (Phi) is 7.41. The summed E-state index contributed by atoms with van der Waals surface area (Å²) in [6.45, 7) is 7.59. The van der Waals surface area contributed by atoms with Crippen LogP contribution in [0.1, 0.15) is 18.1 Å². The van der Waals surface area contributed by atoms with Crippen molar-refractivity contribution < 1.29 is 4.39 Å². The summed E-state index contributed by atoms with van der Waals surface area (Å²) >= 11 is 0. The van der Waals surface area contributed by atoms with Crippen molar-refractivity contribution in [3.63, 3.8) is 0 Å². The molecule has 3 rings (SSSR count). The van der Waals surface area contributed by atoms with Gasteiger partial charge in [-0.15, -0.1) is 0 Å². The van der Waals surface area contributed by atoms with Gasteiger partial charge in [0.05, 0.1) is 6.54 Å². The molecule has 0 unspecified atom stereocenters. The first-order chi connectivity index (χ1) is 14.1. The van der Waals surface area contributed by atoms with Gasteiger partial charge in [-0.3, -0.25) is 0 Å². The Morgan fingerprint density at radius 3 is 2.62 bits per heavy atom. The van der Waals surface area contributed by atoms with Gasteiger partial charge in [-0.05, 0) is 50.8 Å². The van der Waals surface area contributed by atoms with Gasteiger partial charge in [0.25, 0.3) is 0 Å². The lowest BCUT2D eigenvalue weighted by atomic mass is 10.1. The number of hydrogen-bond acceptors (Lipinski definition) is 4. The summed E-state index contributed by atoms with van der Waals surface area (Å²) in [4.78, 5) is 15.8. The molecule has 0 radical (unpaired) electrons. The molecule has 2 heterocycles. The van der Waals surface area contributed by atoms with Crippen molar-refractivity contribution in [3.05, 3.63) is 59.5 Å². The Balaban J connectivity index is 1.65. The molecule has 0 amide bonds. The van der Waals surface area contributed by atoms with Crippen LogP contribution in [0.2, 0.25) is 0 Å². The first-order valence-electron chi connectivity index (χ1n) is 10.2. The second-order valence-corrected chi connectivity index (χ2v) is 7.50. The van der Waals surface area contributed by atoms with Crippen LogP contribution in [0.25, 0.3) is 0 Å². The molecule has 6 nitrogen and oxygen atoms in total. The Labute approximate surface area is 173 Å². The van der Waals surface area contributed by atoms with E-state index in [9.17, 15) is 4.39 Å². The molecule has 1 N–H and O–H groups in total. The molecular weight excluding hydrogens is 367 g/mol. The fourth-order valence-electron chi connectivity index (χ4n) is 3.47. The van der Waals surface area contributed by atoms with Gasteiger partial charge in [0.15, 0.2) is 5.96 Å². The molecule has 29 heavy (non-hydrogen) atoms. The maximum absolute atomic E-state index is 14.0. The number of benzene rings is 1. The van der Waals surface area contributed by atoms with E-state index < -0.39 is 0 Å². The van der Waals surface area contributed by atoms with Crippen molar-refractivity contribution >= 4 is 11.8 Å². The molecular formula is C22H31FN6. The SMILES string of the molecule is CCNC(=NCc1ccc(F)c(CN(C)C)c1)N1CCN(c2ccccn2)CC1. The van der Waals surface area contributed by atoms with Gasteiger partial charge in [-0.2, -0.15) is 0 Å². The molecule has 0 saturated carbocycles. The Hall–Kier alpha value is -2.67. The van der Waals surface area contributed by atoms with Crippen molar-refractivity contribution in [2.24, 2.45) is 4.99 Å². The molecule has 156 valence electrons. The molecule has 1 aromatic heterocycles. The van der Waals surface area contributed by atoms with Gasteiger partial charge in [-0.25, -0.2) is 14.4 Å². The summed E-state index contributed by atoms with van der Waals surface area (Å²) < 4.78 is 14.0. The molecule has 2 aromatic rings. The molecule has 0 spiro atoms. The first-order valence-corrected chi connectivity index (χ1v) is 10.2. The summed E-state index contributed by atoms with van der Waals surface area (Å²) in [5, 5.41) is 3.39. The minimum absolute atomic E-state index is 0.163. The number of nitrogens with one attached hydrogen (secondary N) is 1. The maximum Gasteiger partial charge on any atom is 0.194 e.